The highest BCUT2D eigenvalue weighted by Gasteiger charge is 2.17. The monoisotopic (exact) mass is 450 g/mol. The van der Waals surface area contributed by atoms with Gasteiger partial charge in [-0.05, 0) is 43.0 Å². The third kappa shape index (κ3) is 6.55. The molecule has 1 aromatic rings. The number of guanidine groups is 1. The first-order chi connectivity index (χ1) is 10.6. The minimum absolute atomic E-state index is 0. The second kappa shape index (κ2) is 9.97. The van der Waals surface area contributed by atoms with Gasteiger partial charge in [-0.15, -0.1) is 24.0 Å². The molecule has 0 aliphatic carbocycles. The van der Waals surface area contributed by atoms with E-state index < -0.39 is 0 Å². The predicted octanol–water partition coefficient (Wildman–Crippen LogP) is 2.73. The topological polar surface area (TPSA) is 70.7 Å². The van der Waals surface area contributed by atoms with Crippen LogP contribution in [0.1, 0.15) is 30.1 Å². The Morgan fingerprint density at radius 1 is 1.43 bits per heavy atom. The molecule has 0 saturated carbocycles. The van der Waals surface area contributed by atoms with Crippen molar-refractivity contribution in [3.05, 3.63) is 34.9 Å². The van der Waals surface area contributed by atoms with Crippen molar-refractivity contribution in [3.63, 3.8) is 0 Å². The minimum atomic E-state index is -0.128. The molecule has 0 spiro atoms. The summed E-state index contributed by atoms with van der Waals surface area (Å²) in [6.45, 7) is 5.11. The Bertz CT molecular complexity index is 535. The van der Waals surface area contributed by atoms with Crippen molar-refractivity contribution in [3.8, 4) is 0 Å². The predicted molar refractivity (Wildman–Crippen MR) is 106 cm³/mol. The standard InChI is InChI=1S/C16H23ClN4O.HI/c1-12-3-2-10-21(11-12)16(18)20-9-8-19-15(22)13-4-6-14(17)7-5-13;/h4-7,12H,2-3,8-11H2,1H3,(H2,18,20)(H,19,22);1H. The molecule has 1 atom stereocenters. The lowest BCUT2D eigenvalue weighted by Gasteiger charge is -2.31. The molecule has 1 unspecified atom stereocenters. The number of rotatable bonds is 4. The highest BCUT2D eigenvalue weighted by molar-refractivity contribution is 14.0. The molecular weight excluding hydrogens is 427 g/mol. The number of benzene rings is 1. The highest BCUT2D eigenvalue weighted by Crippen LogP contribution is 2.14. The molecule has 1 aromatic carbocycles. The second-order valence-corrected chi connectivity index (χ2v) is 6.13. The Hall–Kier alpha value is -1.02. The summed E-state index contributed by atoms with van der Waals surface area (Å²) in [6, 6.07) is 6.79. The molecule has 1 fully saturated rings. The van der Waals surface area contributed by atoms with Crippen LogP contribution >= 0.6 is 35.6 Å². The van der Waals surface area contributed by atoms with E-state index >= 15 is 0 Å². The van der Waals surface area contributed by atoms with Crippen LogP contribution in [0, 0.1) is 5.92 Å². The van der Waals surface area contributed by atoms with Crippen molar-refractivity contribution < 1.29 is 4.79 Å². The molecule has 0 aromatic heterocycles. The van der Waals surface area contributed by atoms with Crippen LogP contribution in [-0.2, 0) is 0 Å². The molecule has 0 bridgehead atoms. The number of amides is 1. The SMILES string of the molecule is CC1CCCN(C(N)=NCCNC(=O)c2ccc(Cl)cc2)C1.I. The van der Waals surface area contributed by atoms with Gasteiger partial charge < -0.3 is 16.0 Å². The van der Waals surface area contributed by atoms with Crippen LogP contribution in [0.3, 0.4) is 0 Å². The number of aliphatic imine (C=N–C) groups is 1. The lowest BCUT2D eigenvalue weighted by molar-refractivity contribution is 0.0955. The Balaban J connectivity index is 0.00000264. The zero-order chi connectivity index (χ0) is 15.9. The summed E-state index contributed by atoms with van der Waals surface area (Å²) in [7, 11) is 0. The van der Waals surface area contributed by atoms with E-state index in [1.807, 2.05) is 0 Å². The summed E-state index contributed by atoms with van der Waals surface area (Å²) in [6.07, 6.45) is 2.41. The van der Waals surface area contributed by atoms with Gasteiger partial charge in [-0.2, -0.15) is 0 Å². The zero-order valence-electron chi connectivity index (χ0n) is 13.3. The minimum Gasteiger partial charge on any atom is -0.370 e. The van der Waals surface area contributed by atoms with Gasteiger partial charge in [0.05, 0.1) is 6.54 Å². The average molecular weight is 451 g/mol. The number of hydrogen-bond acceptors (Lipinski definition) is 2. The van der Waals surface area contributed by atoms with Gasteiger partial charge >= 0.3 is 0 Å². The van der Waals surface area contributed by atoms with E-state index in [9.17, 15) is 4.79 Å². The number of nitrogens with two attached hydrogens (primary N) is 1. The van der Waals surface area contributed by atoms with E-state index in [0.717, 1.165) is 19.5 Å². The van der Waals surface area contributed by atoms with E-state index in [4.69, 9.17) is 17.3 Å². The Kier molecular flexibility index (Phi) is 8.68. The van der Waals surface area contributed by atoms with Crippen molar-refractivity contribution in [1.29, 1.82) is 0 Å². The average Bonchev–Trinajstić information content (AvgIpc) is 2.51. The molecule has 5 nitrogen and oxygen atoms in total. The van der Waals surface area contributed by atoms with Crippen LogP contribution in [0.4, 0.5) is 0 Å². The maximum absolute atomic E-state index is 11.9. The smallest absolute Gasteiger partial charge is 0.251 e. The number of carbonyl (C=O) groups is 1. The Morgan fingerprint density at radius 3 is 2.78 bits per heavy atom. The summed E-state index contributed by atoms with van der Waals surface area (Å²) in [5, 5.41) is 3.44. The number of likely N-dealkylation sites (tertiary alicyclic amines) is 1. The lowest BCUT2D eigenvalue weighted by atomic mass is 10.0. The van der Waals surface area contributed by atoms with Gasteiger partial charge in [0.15, 0.2) is 5.96 Å². The number of halogens is 2. The zero-order valence-corrected chi connectivity index (χ0v) is 16.4. The summed E-state index contributed by atoms with van der Waals surface area (Å²) < 4.78 is 0. The van der Waals surface area contributed by atoms with E-state index in [0.29, 0.717) is 35.6 Å². The van der Waals surface area contributed by atoms with Crippen LogP contribution in [0.25, 0.3) is 0 Å². The summed E-state index contributed by atoms with van der Waals surface area (Å²) in [5.74, 6) is 1.11. The molecule has 7 heteroatoms. The number of hydrogen-bond donors (Lipinski definition) is 2. The number of carbonyl (C=O) groups excluding carboxylic acids is 1. The van der Waals surface area contributed by atoms with Crippen LogP contribution in [0.5, 0.6) is 0 Å². The molecule has 2 rings (SSSR count). The highest BCUT2D eigenvalue weighted by atomic mass is 127. The molecule has 23 heavy (non-hydrogen) atoms. The van der Waals surface area contributed by atoms with Gasteiger partial charge in [0.1, 0.15) is 0 Å². The summed E-state index contributed by atoms with van der Waals surface area (Å²) in [4.78, 5) is 18.4. The van der Waals surface area contributed by atoms with Gasteiger partial charge in [0.2, 0.25) is 0 Å². The lowest BCUT2D eigenvalue weighted by Crippen LogP contribution is -2.43. The molecule has 1 aliphatic heterocycles. The van der Waals surface area contributed by atoms with Crippen molar-refractivity contribution in [2.75, 3.05) is 26.2 Å². The maximum atomic E-state index is 11.9. The van der Waals surface area contributed by atoms with Crippen LogP contribution < -0.4 is 11.1 Å². The van der Waals surface area contributed by atoms with Crippen LogP contribution in [-0.4, -0.2) is 42.9 Å². The quantitative estimate of drug-likeness (QED) is 0.321. The normalized spacial score (nSPS) is 18.3. The van der Waals surface area contributed by atoms with Gasteiger partial charge in [-0.1, -0.05) is 18.5 Å². The molecular formula is C16H24ClIN4O. The molecule has 1 saturated heterocycles. The summed E-state index contributed by atoms with van der Waals surface area (Å²) in [5.41, 5.74) is 6.59. The first kappa shape index (κ1) is 20.0. The molecule has 0 radical (unpaired) electrons. The first-order valence-corrected chi connectivity index (χ1v) is 8.02. The van der Waals surface area contributed by atoms with E-state index in [2.05, 4.69) is 22.1 Å². The van der Waals surface area contributed by atoms with Crippen molar-refractivity contribution in [1.82, 2.24) is 10.2 Å². The Morgan fingerprint density at radius 2 is 2.13 bits per heavy atom. The Labute approximate surface area is 159 Å². The second-order valence-electron chi connectivity index (χ2n) is 5.70. The van der Waals surface area contributed by atoms with E-state index in [1.165, 1.54) is 6.42 Å². The fourth-order valence-electron chi connectivity index (χ4n) is 2.54. The van der Waals surface area contributed by atoms with Crippen molar-refractivity contribution in [2.45, 2.75) is 19.8 Å². The number of nitrogens with zero attached hydrogens (tertiary/aromatic N) is 2. The third-order valence-electron chi connectivity index (χ3n) is 3.76. The number of piperidine rings is 1. The largest absolute Gasteiger partial charge is 0.370 e. The van der Waals surface area contributed by atoms with Gasteiger partial charge in [-0.3, -0.25) is 9.79 Å². The third-order valence-corrected chi connectivity index (χ3v) is 4.01. The van der Waals surface area contributed by atoms with Crippen LogP contribution in [0.15, 0.2) is 29.3 Å². The molecule has 128 valence electrons. The fourth-order valence-corrected chi connectivity index (χ4v) is 2.67. The first-order valence-electron chi connectivity index (χ1n) is 7.65. The van der Waals surface area contributed by atoms with Crippen molar-refractivity contribution in [2.24, 2.45) is 16.6 Å². The molecule has 3 N–H and O–H groups in total. The van der Waals surface area contributed by atoms with Crippen molar-refractivity contribution >= 4 is 47.4 Å². The maximum Gasteiger partial charge on any atom is 0.251 e. The summed E-state index contributed by atoms with van der Waals surface area (Å²) >= 11 is 5.79. The van der Waals surface area contributed by atoms with Gasteiger partial charge in [-0.25, -0.2) is 0 Å². The van der Waals surface area contributed by atoms with Gasteiger partial charge in [0.25, 0.3) is 5.91 Å². The van der Waals surface area contributed by atoms with E-state index in [-0.39, 0.29) is 29.9 Å². The van der Waals surface area contributed by atoms with Gasteiger partial charge in [0, 0.05) is 30.2 Å². The number of nitrogens with one attached hydrogen (secondary N) is 1. The molecule has 1 aliphatic rings. The van der Waals surface area contributed by atoms with E-state index in [1.54, 1.807) is 24.3 Å². The van der Waals surface area contributed by atoms with Crippen LogP contribution in [0.2, 0.25) is 5.02 Å². The fraction of sp³-hybridized carbons (Fsp3) is 0.500. The molecule has 1 heterocycles. The molecule has 1 amide bonds.